The molecule has 0 saturated carbocycles. The maximum absolute atomic E-state index is 13.0. The van der Waals surface area contributed by atoms with Gasteiger partial charge in [0.1, 0.15) is 11.9 Å². The molecule has 3 rings (SSSR count). The third-order valence-electron chi connectivity index (χ3n) is 4.42. The van der Waals surface area contributed by atoms with Crippen LogP contribution in [0.25, 0.3) is 0 Å². The molecule has 0 spiro atoms. The minimum Gasteiger partial charge on any atom is -0.396 e. The highest BCUT2D eigenvalue weighted by atomic mass is 19.1. The van der Waals surface area contributed by atoms with Crippen molar-refractivity contribution in [3.05, 3.63) is 66.0 Å². The van der Waals surface area contributed by atoms with E-state index in [1.165, 1.54) is 12.1 Å². The molecule has 126 valence electrons. The number of hydrogen-bond donors (Lipinski definition) is 2. The van der Waals surface area contributed by atoms with Crippen LogP contribution in [0.1, 0.15) is 18.0 Å². The summed E-state index contributed by atoms with van der Waals surface area (Å²) in [5.41, 5.74) is 1.48. The van der Waals surface area contributed by atoms with E-state index in [0.717, 1.165) is 18.5 Å². The first-order valence-electron chi connectivity index (χ1n) is 8.13. The summed E-state index contributed by atoms with van der Waals surface area (Å²) in [6.45, 7) is 1.59. The Hall–Kier alpha value is -2.24. The Bertz CT molecular complexity index is 676. The molecule has 2 unspecified atom stereocenters. The molecule has 1 fully saturated rings. The number of likely N-dealkylation sites (tertiary alicyclic amines) is 1. The summed E-state index contributed by atoms with van der Waals surface area (Å²) in [7, 11) is 0. The normalized spacial score (nSPS) is 19.2. The lowest BCUT2D eigenvalue weighted by Gasteiger charge is -2.27. The van der Waals surface area contributed by atoms with Gasteiger partial charge in [-0.25, -0.2) is 4.39 Å². The predicted molar refractivity (Wildman–Crippen MR) is 91.0 cm³/mol. The van der Waals surface area contributed by atoms with E-state index >= 15 is 0 Å². The molecule has 1 aliphatic heterocycles. The van der Waals surface area contributed by atoms with Crippen LogP contribution in [0, 0.1) is 11.7 Å². The first-order valence-corrected chi connectivity index (χ1v) is 8.13. The largest absolute Gasteiger partial charge is 0.396 e. The number of hydrogen-bond acceptors (Lipinski definition) is 3. The Morgan fingerprint density at radius 1 is 1.21 bits per heavy atom. The van der Waals surface area contributed by atoms with Crippen molar-refractivity contribution in [2.24, 2.45) is 5.92 Å². The number of carbonyl (C=O) groups is 1. The Morgan fingerprint density at radius 3 is 2.54 bits per heavy atom. The van der Waals surface area contributed by atoms with Gasteiger partial charge in [0.05, 0.1) is 0 Å². The van der Waals surface area contributed by atoms with Crippen LogP contribution >= 0.6 is 0 Å². The molecule has 0 aromatic heterocycles. The van der Waals surface area contributed by atoms with Gasteiger partial charge in [-0.05, 0) is 48.7 Å². The van der Waals surface area contributed by atoms with Crippen molar-refractivity contribution in [2.45, 2.75) is 12.5 Å². The fraction of sp³-hybridized carbons (Fsp3) is 0.316. The zero-order valence-electron chi connectivity index (χ0n) is 13.4. The molecule has 2 atom stereocenters. The van der Waals surface area contributed by atoms with Crippen LogP contribution in [0.4, 0.5) is 10.1 Å². The number of aliphatic hydroxyl groups is 1. The van der Waals surface area contributed by atoms with Crippen LogP contribution < -0.4 is 5.32 Å². The maximum atomic E-state index is 13.0. The zero-order chi connectivity index (χ0) is 16.9. The maximum Gasteiger partial charge on any atom is 0.246 e. The van der Waals surface area contributed by atoms with Crippen molar-refractivity contribution in [3.8, 4) is 0 Å². The first-order chi connectivity index (χ1) is 11.7. The van der Waals surface area contributed by atoms with Crippen molar-refractivity contribution in [3.63, 3.8) is 0 Å². The van der Waals surface area contributed by atoms with E-state index in [4.69, 9.17) is 0 Å². The van der Waals surface area contributed by atoms with E-state index in [-0.39, 0.29) is 24.2 Å². The average Bonchev–Trinajstić information content (AvgIpc) is 3.07. The molecule has 2 N–H and O–H groups in total. The molecule has 0 radical (unpaired) electrons. The average molecular weight is 328 g/mol. The number of benzene rings is 2. The second kappa shape index (κ2) is 7.55. The van der Waals surface area contributed by atoms with Crippen LogP contribution in [-0.4, -0.2) is 35.6 Å². The molecule has 5 heteroatoms. The fourth-order valence-electron chi connectivity index (χ4n) is 3.15. The number of amides is 1. The molecule has 2 aromatic rings. The standard InChI is InChI=1S/C19H21FN2O2/c20-16-6-8-17(9-7-16)21-19(24)18(15-4-2-1-3-5-15)22-11-10-14(12-22)13-23/h1-9,14,18,23H,10-13H2,(H,21,24). The first kappa shape index (κ1) is 16.6. The highest BCUT2D eigenvalue weighted by molar-refractivity contribution is 5.95. The van der Waals surface area contributed by atoms with Gasteiger partial charge < -0.3 is 10.4 Å². The zero-order valence-corrected chi connectivity index (χ0v) is 13.4. The molecular weight excluding hydrogens is 307 g/mol. The lowest BCUT2D eigenvalue weighted by Crippen LogP contribution is -2.36. The van der Waals surface area contributed by atoms with Gasteiger partial charge in [-0.1, -0.05) is 30.3 Å². The van der Waals surface area contributed by atoms with Crippen LogP contribution in [0.3, 0.4) is 0 Å². The quantitative estimate of drug-likeness (QED) is 0.887. The Kier molecular flexibility index (Phi) is 5.23. The highest BCUT2D eigenvalue weighted by Crippen LogP contribution is 2.29. The third kappa shape index (κ3) is 3.80. The van der Waals surface area contributed by atoms with Crippen molar-refractivity contribution < 1.29 is 14.3 Å². The van der Waals surface area contributed by atoms with Crippen molar-refractivity contribution >= 4 is 11.6 Å². The topological polar surface area (TPSA) is 52.6 Å². The minimum atomic E-state index is -0.423. The lowest BCUT2D eigenvalue weighted by molar-refractivity contribution is -0.121. The lowest BCUT2D eigenvalue weighted by atomic mass is 10.0. The van der Waals surface area contributed by atoms with Gasteiger partial charge in [0.2, 0.25) is 5.91 Å². The van der Waals surface area contributed by atoms with E-state index in [1.54, 1.807) is 12.1 Å². The monoisotopic (exact) mass is 328 g/mol. The third-order valence-corrected chi connectivity index (χ3v) is 4.42. The fourth-order valence-corrected chi connectivity index (χ4v) is 3.15. The minimum absolute atomic E-state index is 0.136. The highest BCUT2D eigenvalue weighted by Gasteiger charge is 2.33. The van der Waals surface area contributed by atoms with Gasteiger partial charge in [-0.3, -0.25) is 9.69 Å². The van der Waals surface area contributed by atoms with Crippen LogP contribution in [0.5, 0.6) is 0 Å². The Labute approximate surface area is 140 Å². The summed E-state index contributed by atoms with van der Waals surface area (Å²) >= 11 is 0. The summed E-state index contributed by atoms with van der Waals surface area (Å²) < 4.78 is 13.0. The summed E-state index contributed by atoms with van der Waals surface area (Å²) in [6, 6.07) is 14.9. The van der Waals surface area contributed by atoms with Crippen LogP contribution in [0.2, 0.25) is 0 Å². The predicted octanol–water partition coefficient (Wildman–Crippen LogP) is 2.82. The number of aliphatic hydroxyl groups excluding tert-OH is 1. The molecule has 1 saturated heterocycles. The smallest absolute Gasteiger partial charge is 0.246 e. The summed E-state index contributed by atoms with van der Waals surface area (Å²) in [5, 5.41) is 12.2. The number of nitrogens with zero attached hydrogens (tertiary/aromatic N) is 1. The molecule has 0 bridgehead atoms. The SMILES string of the molecule is O=C(Nc1ccc(F)cc1)C(c1ccccc1)N1CCC(CO)C1. The number of halogens is 1. The molecule has 4 nitrogen and oxygen atoms in total. The molecule has 1 aliphatic rings. The van der Waals surface area contributed by atoms with Gasteiger partial charge in [0.15, 0.2) is 0 Å². The van der Waals surface area contributed by atoms with Crippen molar-refractivity contribution in [1.29, 1.82) is 0 Å². The second-order valence-electron chi connectivity index (χ2n) is 6.14. The Morgan fingerprint density at radius 2 is 1.92 bits per heavy atom. The molecule has 2 aromatic carbocycles. The van der Waals surface area contributed by atoms with Gasteiger partial charge in [-0.2, -0.15) is 0 Å². The molecular formula is C19H21FN2O2. The van der Waals surface area contributed by atoms with E-state index in [9.17, 15) is 14.3 Å². The number of nitrogens with one attached hydrogen (secondary N) is 1. The van der Waals surface area contributed by atoms with Gasteiger partial charge in [-0.15, -0.1) is 0 Å². The van der Waals surface area contributed by atoms with Crippen LogP contribution in [0.15, 0.2) is 54.6 Å². The van der Waals surface area contributed by atoms with Crippen LogP contribution in [-0.2, 0) is 4.79 Å². The van der Waals surface area contributed by atoms with Gasteiger partial charge in [0.25, 0.3) is 0 Å². The molecule has 24 heavy (non-hydrogen) atoms. The van der Waals surface area contributed by atoms with Gasteiger partial charge in [0, 0.05) is 18.8 Å². The number of rotatable bonds is 5. The number of anilines is 1. The second-order valence-corrected chi connectivity index (χ2v) is 6.14. The molecule has 1 amide bonds. The van der Waals surface area contributed by atoms with E-state index in [0.29, 0.717) is 12.2 Å². The van der Waals surface area contributed by atoms with Gasteiger partial charge >= 0.3 is 0 Å². The molecule has 0 aliphatic carbocycles. The van der Waals surface area contributed by atoms with E-state index < -0.39 is 6.04 Å². The van der Waals surface area contributed by atoms with Crippen molar-refractivity contribution in [2.75, 3.05) is 25.0 Å². The number of carbonyl (C=O) groups excluding carboxylic acids is 1. The van der Waals surface area contributed by atoms with Crippen molar-refractivity contribution in [1.82, 2.24) is 4.90 Å². The van der Waals surface area contributed by atoms with E-state index in [1.807, 2.05) is 30.3 Å². The summed E-state index contributed by atoms with van der Waals surface area (Å²) in [4.78, 5) is 15.0. The van der Waals surface area contributed by atoms with E-state index in [2.05, 4.69) is 10.2 Å². The summed E-state index contributed by atoms with van der Waals surface area (Å²) in [5.74, 6) is -0.279. The Balaban J connectivity index is 1.81. The molecule has 1 heterocycles. The summed E-state index contributed by atoms with van der Waals surface area (Å²) in [6.07, 6.45) is 0.879.